The summed E-state index contributed by atoms with van der Waals surface area (Å²) in [6, 6.07) is 5.78. The zero-order chi connectivity index (χ0) is 15.4. The van der Waals surface area contributed by atoms with E-state index in [1.54, 1.807) is 0 Å². The fourth-order valence-electron chi connectivity index (χ4n) is 1.77. The van der Waals surface area contributed by atoms with Crippen molar-refractivity contribution in [3.05, 3.63) is 43.1 Å². The lowest BCUT2D eigenvalue weighted by molar-refractivity contribution is 0.292. The van der Waals surface area contributed by atoms with Crippen LogP contribution in [0.4, 0.5) is 5.82 Å². The molecular weight excluding hydrogens is 466 g/mol. The van der Waals surface area contributed by atoms with E-state index < -0.39 is 0 Å². The first kappa shape index (κ1) is 16.7. The predicted octanol–water partition coefficient (Wildman–Crippen LogP) is 5.08. The molecule has 1 aromatic heterocycles. The van der Waals surface area contributed by atoms with Gasteiger partial charge in [0, 0.05) is 22.8 Å². The molecule has 1 heterocycles. The van der Waals surface area contributed by atoms with Crippen molar-refractivity contribution in [1.82, 2.24) is 9.97 Å². The van der Waals surface area contributed by atoms with Crippen LogP contribution in [0.3, 0.4) is 0 Å². The van der Waals surface area contributed by atoms with E-state index in [2.05, 4.69) is 63.1 Å². The van der Waals surface area contributed by atoms with Gasteiger partial charge in [0.1, 0.15) is 18.2 Å². The Bertz CT molecular complexity index is 626. The zero-order valence-corrected chi connectivity index (χ0v) is 16.3. The number of hydrogen-bond donors (Lipinski definition) is 1. The van der Waals surface area contributed by atoms with Crippen LogP contribution in [0, 0.1) is 6.92 Å². The minimum absolute atomic E-state index is 0.304. The summed E-state index contributed by atoms with van der Waals surface area (Å²) in [6.45, 7) is 5.10. The van der Waals surface area contributed by atoms with E-state index in [9.17, 15) is 0 Å². The number of aryl methyl sites for hydroxylation is 1. The van der Waals surface area contributed by atoms with Gasteiger partial charge >= 0.3 is 0 Å². The minimum Gasteiger partial charge on any atom is -0.483 e. The summed E-state index contributed by atoms with van der Waals surface area (Å²) in [5, 5.41) is 3.19. The van der Waals surface area contributed by atoms with E-state index in [1.165, 1.54) is 0 Å². The number of anilines is 1. The summed E-state index contributed by atoms with van der Waals surface area (Å²) in [5.41, 5.74) is 0.911. The molecule has 0 radical (unpaired) electrons. The summed E-state index contributed by atoms with van der Waals surface area (Å²) >= 11 is 10.4. The zero-order valence-electron chi connectivity index (χ0n) is 11.6. The normalized spacial score (nSPS) is 10.5. The summed E-state index contributed by atoms with van der Waals surface area (Å²) in [5.74, 6) is 2.19. The number of halogens is 3. The van der Waals surface area contributed by atoms with Crippen molar-refractivity contribution in [2.45, 2.75) is 20.5 Å². The lowest BCUT2D eigenvalue weighted by Crippen LogP contribution is -2.07. The third-order valence-electron chi connectivity index (χ3n) is 2.57. The molecule has 0 bridgehead atoms. The SMILES string of the molecule is CCNc1cc(C)nc(COc2c(Br)cc(Br)cc2Br)n1. The van der Waals surface area contributed by atoms with Gasteiger partial charge in [-0.1, -0.05) is 15.9 Å². The Morgan fingerprint density at radius 3 is 2.38 bits per heavy atom. The molecule has 4 nitrogen and oxygen atoms in total. The summed E-state index contributed by atoms with van der Waals surface area (Å²) in [6.07, 6.45) is 0. The fraction of sp³-hybridized carbons (Fsp3) is 0.286. The first-order chi connectivity index (χ1) is 9.99. The number of aromatic nitrogens is 2. The molecule has 0 saturated heterocycles. The van der Waals surface area contributed by atoms with Gasteiger partial charge in [0.05, 0.1) is 8.95 Å². The van der Waals surface area contributed by atoms with Crippen molar-refractivity contribution in [3.63, 3.8) is 0 Å². The van der Waals surface area contributed by atoms with E-state index in [0.29, 0.717) is 12.4 Å². The topological polar surface area (TPSA) is 47.0 Å². The second-order valence-electron chi connectivity index (χ2n) is 4.33. The molecule has 0 spiro atoms. The summed E-state index contributed by atoms with van der Waals surface area (Å²) < 4.78 is 8.53. The van der Waals surface area contributed by atoms with Crippen LogP contribution < -0.4 is 10.1 Å². The maximum Gasteiger partial charge on any atom is 0.168 e. The standard InChI is InChI=1S/C14H14Br3N3O/c1-3-18-12-4-8(2)19-13(20-12)7-21-14-10(16)5-9(15)6-11(14)17/h4-6H,3,7H2,1-2H3,(H,18,19,20). The van der Waals surface area contributed by atoms with Gasteiger partial charge in [-0.15, -0.1) is 0 Å². The van der Waals surface area contributed by atoms with Crippen LogP contribution in [0.1, 0.15) is 18.4 Å². The minimum atomic E-state index is 0.304. The van der Waals surface area contributed by atoms with Gasteiger partial charge in [-0.3, -0.25) is 0 Å². The van der Waals surface area contributed by atoms with Gasteiger partial charge in [0.2, 0.25) is 0 Å². The van der Waals surface area contributed by atoms with Gasteiger partial charge in [0.25, 0.3) is 0 Å². The number of rotatable bonds is 5. The largest absolute Gasteiger partial charge is 0.483 e. The van der Waals surface area contributed by atoms with E-state index in [0.717, 1.165) is 37.2 Å². The highest BCUT2D eigenvalue weighted by atomic mass is 79.9. The first-order valence-corrected chi connectivity index (χ1v) is 8.73. The Labute approximate surface area is 149 Å². The quantitative estimate of drug-likeness (QED) is 0.649. The lowest BCUT2D eigenvalue weighted by Gasteiger charge is -2.11. The van der Waals surface area contributed by atoms with Gasteiger partial charge in [0.15, 0.2) is 5.82 Å². The Kier molecular flexibility index (Phi) is 6.01. The molecule has 7 heteroatoms. The lowest BCUT2D eigenvalue weighted by atomic mass is 10.3. The molecule has 1 aromatic carbocycles. The number of ether oxygens (including phenoxy) is 1. The average molecular weight is 480 g/mol. The molecule has 0 aliphatic rings. The van der Waals surface area contributed by atoms with Crippen molar-refractivity contribution in [1.29, 1.82) is 0 Å². The highest BCUT2D eigenvalue weighted by Gasteiger charge is 2.10. The molecule has 0 fully saturated rings. The molecular formula is C14H14Br3N3O. The molecule has 2 rings (SSSR count). The Morgan fingerprint density at radius 2 is 1.76 bits per heavy atom. The van der Waals surface area contributed by atoms with Crippen LogP contribution in [0.25, 0.3) is 0 Å². The number of nitrogens with one attached hydrogen (secondary N) is 1. The maximum absolute atomic E-state index is 5.83. The van der Waals surface area contributed by atoms with Crippen molar-refractivity contribution in [3.8, 4) is 5.75 Å². The molecule has 0 amide bonds. The highest BCUT2D eigenvalue weighted by molar-refractivity contribution is 9.11. The van der Waals surface area contributed by atoms with Crippen LogP contribution >= 0.6 is 47.8 Å². The molecule has 0 unspecified atom stereocenters. The van der Waals surface area contributed by atoms with E-state index >= 15 is 0 Å². The summed E-state index contributed by atoms with van der Waals surface area (Å²) in [4.78, 5) is 8.82. The molecule has 2 aromatic rings. The third-order valence-corrected chi connectivity index (χ3v) is 4.20. The van der Waals surface area contributed by atoms with Gasteiger partial charge in [-0.2, -0.15) is 0 Å². The second-order valence-corrected chi connectivity index (χ2v) is 6.95. The van der Waals surface area contributed by atoms with E-state index in [-0.39, 0.29) is 0 Å². The Morgan fingerprint density at radius 1 is 1.10 bits per heavy atom. The fourth-order valence-corrected chi connectivity index (χ4v) is 4.26. The summed E-state index contributed by atoms with van der Waals surface area (Å²) in [7, 11) is 0. The molecule has 0 saturated carbocycles. The predicted molar refractivity (Wildman–Crippen MR) is 94.8 cm³/mol. The van der Waals surface area contributed by atoms with Crippen LogP contribution in [-0.2, 0) is 6.61 Å². The molecule has 112 valence electrons. The van der Waals surface area contributed by atoms with Crippen molar-refractivity contribution in [2.24, 2.45) is 0 Å². The van der Waals surface area contributed by atoms with Gasteiger partial charge in [-0.05, 0) is 57.8 Å². The van der Waals surface area contributed by atoms with Crippen LogP contribution in [0.5, 0.6) is 5.75 Å². The Hall–Kier alpha value is -0.660. The smallest absolute Gasteiger partial charge is 0.168 e. The maximum atomic E-state index is 5.83. The van der Waals surface area contributed by atoms with Crippen molar-refractivity contribution >= 4 is 53.6 Å². The number of benzene rings is 1. The number of nitrogens with zero attached hydrogens (tertiary/aromatic N) is 2. The first-order valence-electron chi connectivity index (χ1n) is 6.35. The van der Waals surface area contributed by atoms with Crippen LogP contribution in [0.15, 0.2) is 31.6 Å². The van der Waals surface area contributed by atoms with Crippen LogP contribution in [-0.4, -0.2) is 16.5 Å². The molecule has 0 atom stereocenters. The van der Waals surface area contributed by atoms with E-state index in [4.69, 9.17) is 4.74 Å². The monoisotopic (exact) mass is 477 g/mol. The molecule has 0 aliphatic carbocycles. The average Bonchev–Trinajstić information content (AvgIpc) is 2.37. The van der Waals surface area contributed by atoms with Crippen molar-refractivity contribution < 1.29 is 4.74 Å². The highest BCUT2D eigenvalue weighted by Crippen LogP contribution is 2.36. The molecule has 1 N–H and O–H groups in total. The van der Waals surface area contributed by atoms with Crippen LogP contribution in [0.2, 0.25) is 0 Å². The molecule has 21 heavy (non-hydrogen) atoms. The van der Waals surface area contributed by atoms with Gasteiger partial charge in [-0.25, -0.2) is 9.97 Å². The second kappa shape index (κ2) is 7.56. The van der Waals surface area contributed by atoms with E-state index in [1.807, 2.05) is 32.0 Å². The van der Waals surface area contributed by atoms with Crippen molar-refractivity contribution in [2.75, 3.05) is 11.9 Å². The Balaban J connectivity index is 2.17. The van der Waals surface area contributed by atoms with Gasteiger partial charge < -0.3 is 10.1 Å². The molecule has 0 aliphatic heterocycles. The number of hydrogen-bond acceptors (Lipinski definition) is 4. The third kappa shape index (κ3) is 4.66.